The van der Waals surface area contributed by atoms with Gasteiger partial charge in [-0.3, -0.25) is 19.1 Å². The molecule has 2 N–H and O–H groups in total. The van der Waals surface area contributed by atoms with Crippen LogP contribution in [0.15, 0.2) is 40.1 Å². The first-order valence-corrected chi connectivity index (χ1v) is 10.5. The van der Waals surface area contributed by atoms with Crippen LogP contribution in [0.25, 0.3) is 11.0 Å². The van der Waals surface area contributed by atoms with Crippen LogP contribution in [0.4, 0.5) is 0 Å². The average Bonchev–Trinajstić information content (AvgIpc) is 3.08. The zero-order chi connectivity index (χ0) is 22.3. The number of carbonyl (C=O) groups is 1. The van der Waals surface area contributed by atoms with Crippen LogP contribution in [0.2, 0.25) is 0 Å². The number of piperidine rings is 1. The lowest BCUT2D eigenvalue weighted by Crippen LogP contribution is -2.55. The third-order valence-electron chi connectivity index (χ3n) is 6.18. The second-order valence-electron chi connectivity index (χ2n) is 8.40. The highest BCUT2D eigenvalue weighted by atomic mass is 16.3. The number of nitrogens with zero attached hydrogens (tertiary/aromatic N) is 4. The molecule has 0 radical (unpaired) electrons. The molecule has 0 saturated carbocycles. The maximum absolute atomic E-state index is 13.2. The predicted octanol–water partition coefficient (Wildman–Crippen LogP) is 0.982. The van der Waals surface area contributed by atoms with Crippen molar-refractivity contribution in [3.63, 3.8) is 0 Å². The van der Waals surface area contributed by atoms with E-state index in [0.29, 0.717) is 24.9 Å². The van der Waals surface area contributed by atoms with Gasteiger partial charge in [-0.2, -0.15) is 0 Å². The van der Waals surface area contributed by atoms with Crippen molar-refractivity contribution in [3.05, 3.63) is 62.7 Å². The van der Waals surface area contributed by atoms with Crippen molar-refractivity contribution in [1.82, 2.24) is 24.0 Å². The normalized spacial score (nSPS) is 21.5. The van der Waals surface area contributed by atoms with E-state index < -0.39 is 22.9 Å². The summed E-state index contributed by atoms with van der Waals surface area (Å²) in [6.07, 6.45) is 2.47. The molecule has 3 heterocycles. The van der Waals surface area contributed by atoms with Crippen LogP contribution in [-0.2, 0) is 17.8 Å². The quantitative estimate of drug-likeness (QED) is 0.647. The third kappa shape index (κ3) is 3.81. The maximum Gasteiger partial charge on any atom is 0.328 e. The van der Waals surface area contributed by atoms with Gasteiger partial charge in [0.1, 0.15) is 12.4 Å². The molecule has 2 aromatic heterocycles. The Balaban J connectivity index is 1.63. The first-order chi connectivity index (χ1) is 14.7. The number of amides is 1. The van der Waals surface area contributed by atoms with E-state index in [-0.39, 0.29) is 19.0 Å². The minimum atomic E-state index is -1.19. The topological polar surface area (TPSA) is 113 Å². The van der Waals surface area contributed by atoms with E-state index in [4.69, 9.17) is 0 Å². The Morgan fingerprint density at radius 2 is 2.06 bits per heavy atom. The number of aromatic nitrogens is 4. The van der Waals surface area contributed by atoms with Crippen LogP contribution in [0.1, 0.15) is 37.7 Å². The summed E-state index contributed by atoms with van der Waals surface area (Å²) in [4.78, 5) is 46.0. The lowest BCUT2D eigenvalue weighted by Gasteiger charge is -2.43. The predicted molar refractivity (Wildman–Crippen MR) is 116 cm³/mol. The molecule has 0 unspecified atom stereocenters. The number of carbonyl (C=O) groups excluding carboxylic acids is 1. The lowest BCUT2D eigenvalue weighted by atomic mass is 9.88. The molecule has 3 aromatic rings. The Morgan fingerprint density at radius 3 is 2.81 bits per heavy atom. The van der Waals surface area contributed by atoms with Crippen LogP contribution in [0, 0.1) is 6.92 Å². The number of nitrogens with one attached hydrogen (secondary N) is 1. The van der Waals surface area contributed by atoms with Gasteiger partial charge in [-0.15, -0.1) is 0 Å². The smallest absolute Gasteiger partial charge is 0.328 e. The van der Waals surface area contributed by atoms with E-state index in [1.165, 1.54) is 10.8 Å². The molecule has 31 heavy (non-hydrogen) atoms. The Hall–Kier alpha value is -3.20. The SMILES string of the molecule is CCc1nc2ccccc2n1CC(=O)N1CC[C@@](C)(O)[C@H](n2cc(C)c(=O)[nH]c2=O)C1. The summed E-state index contributed by atoms with van der Waals surface area (Å²) in [6.45, 7) is 5.95. The number of hydrogen-bond donors (Lipinski definition) is 2. The van der Waals surface area contributed by atoms with Crippen LogP contribution in [-0.4, -0.2) is 53.7 Å². The van der Waals surface area contributed by atoms with Gasteiger partial charge in [0.25, 0.3) is 5.56 Å². The van der Waals surface area contributed by atoms with Crippen molar-refractivity contribution in [2.24, 2.45) is 0 Å². The second-order valence-corrected chi connectivity index (χ2v) is 8.40. The molecule has 4 rings (SSSR count). The monoisotopic (exact) mass is 425 g/mol. The fraction of sp³-hybridized carbons (Fsp3) is 0.455. The summed E-state index contributed by atoms with van der Waals surface area (Å²) in [7, 11) is 0. The fourth-order valence-electron chi connectivity index (χ4n) is 4.26. The van der Waals surface area contributed by atoms with Gasteiger partial charge >= 0.3 is 5.69 Å². The molecule has 164 valence electrons. The van der Waals surface area contributed by atoms with Gasteiger partial charge in [0.05, 0.1) is 22.7 Å². The molecule has 0 spiro atoms. The van der Waals surface area contributed by atoms with Gasteiger partial charge in [-0.05, 0) is 32.4 Å². The minimum Gasteiger partial charge on any atom is -0.388 e. The largest absolute Gasteiger partial charge is 0.388 e. The van der Waals surface area contributed by atoms with Crippen molar-refractivity contribution in [1.29, 1.82) is 0 Å². The number of aromatic amines is 1. The molecule has 9 heteroatoms. The van der Waals surface area contributed by atoms with Gasteiger partial charge in [0.15, 0.2) is 0 Å². The van der Waals surface area contributed by atoms with Crippen LogP contribution in [0.3, 0.4) is 0 Å². The van der Waals surface area contributed by atoms with Gasteiger partial charge in [0.2, 0.25) is 5.91 Å². The van der Waals surface area contributed by atoms with Crippen LogP contribution < -0.4 is 11.2 Å². The van der Waals surface area contributed by atoms with Gasteiger partial charge in [0, 0.05) is 31.3 Å². The molecule has 1 aliphatic heterocycles. The molecule has 1 fully saturated rings. The van der Waals surface area contributed by atoms with Crippen molar-refractivity contribution in [3.8, 4) is 0 Å². The molecule has 1 aliphatic rings. The summed E-state index contributed by atoms with van der Waals surface area (Å²) >= 11 is 0. The number of benzene rings is 1. The molecular formula is C22H27N5O4. The lowest BCUT2D eigenvalue weighted by molar-refractivity contribution is -0.138. The van der Waals surface area contributed by atoms with Gasteiger partial charge in [-0.1, -0.05) is 19.1 Å². The van der Waals surface area contributed by atoms with E-state index >= 15 is 0 Å². The Kier molecular flexibility index (Phi) is 5.30. The van der Waals surface area contributed by atoms with Crippen LogP contribution in [0.5, 0.6) is 0 Å². The molecule has 2 atom stereocenters. The molecule has 1 amide bonds. The number of rotatable bonds is 4. The average molecular weight is 425 g/mol. The highest BCUT2D eigenvalue weighted by Crippen LogP contribution is 2.31. The second kappa shape index (κ2) is 7.81. The van der Waals surface area contributed by atoms with Gasteiger partial charge in [-0.25, -0.2) is 9.78 Å². The summed E-state index contributed by atoms with van der Waals surface area (Å²) < 4.78 is 3.26. The molecule has 0 aliphatic carbocycles. The summed E-state index contributed by atoms with van der Waals surface area (Å²) in [6, 6.07) is 7.04. The molecular weight excluding hydrogens is 398 g/mol. The zero-order valence-electron chi connectivity index (χ0n) is 18.0. The highest BCUT2D eigenvalue weighted by molar-refractivity contribution is 5.81. The minimum absolute atomic E-state index is 0.104. The number of hydrogen-bond acceptors (Lipinski definition) is 5. The number of aliphatic hydroxyl groups is 1. The Labute approximate surface area is 179 Å². The molecule has 1 aromatic carbocycles. The number of H-pyrrole nitrogens is 1. The maximum atomic E-state index is 13.2. The zero-order valence-corrected chi connectivity index (χ0v) is 18.0. The number of likely N-dealkylation sites (tertiary alicyclic amines) is 1. The Morgan fingerprint density at radius 1 is 1.32 bits per heavy atom. The number of aryl methyl sites for hydroxylation is 2. The fourth-order valence-corrected chi connectivity index (χ4v) is 4.26. The van der Waals surface area contributed by atoms with Crippen LogP contribution >= 0.6 is 0 Å². The van der Waals surface area contributed by atoms with Crippen molar-refractivity contribution in [2.75, 3.05) is 13.1 Å². The van der Waals surface area contributed by atoms with E-state index in [0.717, 1.165) is 16.9 Å². The Bertz CT molecular complexity index is 1250. The summed E-state index contributed by atoms with van der Waals surface area (Å²) in [5, 5.41) is 10.9. The van der Waals surface area contributed by atoms with E-state index in [9.17, 15) is 19.5 Å². The molecule has 0 bridgehead atoms. The van der Waals surface area contributed by atoms with Crippen molar-refractivity contribution >= 4 is 16.9 Å². The highest BCUT2D eigenvalue weighted by Gasteiger charge is 2.41. The number of fused-ring (bicyclic) bond motifs is 1. The first kappa shape index (κ1) is 21.0. The van der Waals surface area contributed by atoms with Crippen molar-refractivity contribution < 1.29 is 9.90 Å². The van der Waals surface area contributed by atoms with Gasteiger partial charge < -0.3 is 14.6 Å². The molecule has 9 nitrogen and oxygen atoms in total. The number of imidazole rings is 1. The third-order valence-corrected chi connectivity index (χ3v) is 6.18. The van der Waals surface area contributed by atoms with E-state index in [1.807, 2.05) is 35.8 Å². The first-order valence-electron chi connectivity index (χ1n) is 10.5. The molecule has 1 saturated heterocycles. The summed E-state index contributed by atoms with van der Waals surface area (Å²) in [5.41, 5.74) is -0.117. The van der Waals surface area contributed by atoms with Crippen molar-refractivity contribution in [2.45, 2.75) is 51.8 Å². The number of para-hydroxylation sites is 2. The van der Waals surface area contributed by atoms with E-state index in [2.05, 4.69) is 9.97 Å². The van der Waals surface area contributed by atoms with E-state index in [1.54, 1.807) is 18.7 Å². The summed E-state index contributed by atoms with van der Waals surface area (Å²) in [5.74, 6) is 0.732. The standard InChI is InChI=1S/C22H27N5O4/c1-4-18-23-15-7-5-6-8-16(15)26(18)13-19(28)25-10-9-22(3,31)17(12-25)27-11-14(2)20(29)24-21(27)30/h5-8,11,17,31H,4,9-10,12-13H2,1-3H3,(H,24,29,30)/t17-,22-/m1/s1.